The smallest absolute Gasteiger partial charge is 0.228 e. The number of hydrogen-bond donors (Lipinski definition) is 0. The number of benzene rings is 1. The van der Waals surface area contributed by atoms with Crippen LogP contribution in [0.2, 0.25) is 0 Å². The molecule has 0 aliphatic carbocycles. The molecule has 2 amide bonds. The normalized spacial score (nSPS) is 24.0. The summed E-state index contributed by atoms with van der Waals surface area (Å²) in [6.07, 6.45) is 3.41. The van der Waals surface area contributed by atoms with Crippen molar-refractivity contribution in [2.24, 2.45) is 5.92 Å². The monoisotopic (exact) mass is 330 g/mol. The van der Waals surface area contributed by atoms with Gasteiger partial charge in [-0.1, -0.05) is 30.3 Å². The van der Waals surface area contributed by atoms with Crippen molar-refractivity contribution in [3.63, 3.8) is 0 Å². The van der Waals surface area contributed by atoms with E-state index in [4.69, 9.17) is 4.74 Å². The summed E-state index contributed by atoms with van der Waals surface area (Å²) >= 11 is 0. The summed E-state index contributed by atoms with van der Waals surface area (Å²) in [6.45, 7) is 2.69. The maximum Gasteiger partial charge on any atom is 0.228 e. The van der Waals surface area contributed by atoms with Crippen LogP contribution in [-0.4, -0.2) is 61.0 Å². The van der Waals surface area contributed by atoms with Crippen LogP contribution < -0.4 is 0 Å². The van der Waals surface area contributed by atoms with Crippen LogP contribution in [0.15, 0.2) is 30.3 Å². The summed E-state index contributed by atoms with van der Waals surface area (Å²) in [5.41, 5.74) is 1.33. The average Bonchev–Trinajstić information content (AvgIpc) is 3.19. The summed E-state index contributed by atoms with van der Waals surface area (Å²) in [5, 5.41) is 0. The maximum absolute atomic E-state index is 12.5. The molecular weight excluding hydrogens is 304 g/mol. The number of amides is 2. The summed E-state index contributed by atoms with van der Waals surface area (Å²) in [4.78, 5) is 27.6. The zero-order valence-electron chi connectivity index (χ0n) is 14.3. The van der Waals surface area contributed by atoms with E-state index >= 15 is 0 Å². The van der Waals surface area contributed by atoms with Gasteiger partial charge in [0.25, 0.3) is 0 Å². The Morgan fingerprint density at radius 1 is 1.25 bits per heavy atom. The van der Waals surface area contributed by atoms with Crippen molar-refractivity contribution in [2.45, 2.75) is 31.8 Å². The van der Waals surface area contributed by atoms with E-state index in [9.17, 15) is 9.59 Å². The quantitative estimate of drug-likeness (QED) is 0.746. The number of nitrogens with zero attached hydrogens (tertiary/aromatic N) is 2. The number of hydrogen-bond acceptors (Lipinski definition) is 3. The molecule has 2 fully saturated rings. The van der Waals surface area contributed by atoms with Crippen molar-refractivity contribution in [1.82, 2.24) is 9.80 Å². The lowest BCUT2D eigenvalue weighted by Crippen LogP contribution is -2.36. The Hall–Kier alpha value is -1.88. The van der Waals surface area contributed by atoms with Crippen LogP contribution in [0.1, 0.15) is 24.8 Å². The zero-order valence-corrected chi connectivity index (χ0v) is 14.3. The van der Waals surface area contributed by atoms with Gasteiger partial charge in [0, 0.05) is 39.7 Å². The van der Waals surface area contributed by atoms with Crippen LogP contribution in [0.3, 0.4) is 0 Å². The average molecular weight is 330 g/mol. The molecule has 0 radical (unpaired) electrons. The molecule has 2 saturated heterocycles. The summed E-state index contributed by atoms with van der Waals surface area (Å²) in [7, 11) is 1.76. The number of carbonyl (C=O) groups excluding carboxylic acids is 2. The first-order valence-corrected chi connectivity index (χ1v) is 8.82. The standard InChI is InChI=1S/C19H26N2O3/c1-20-13-16(12-18(20)22)19(23)21-10-9-17(14-21)24-11-5-8-15-6-3-2-4-7-15/h2-4,6-7,16-17H,5,8-14H2,1H3/t16-,17-/m1/s1. The Bertz CT molecular complexity index is 575. The predicted molar refractivity (Wildman–Crippen MR) is 91.4 cm³/mol. The van der Waals surface area contributed by atoms with Crippen molar-refractivity contribution in [1.29, 1.82) is 0 Å². The molecule has 0 bridgehead atoms. The van der Waals surface area contributed by atoms with Crippen molar-refractivity contribution in [2.75, 3.05) is 33.3 Å². The SMILES string of the molecule is CN1C[C@H](C(=O)N2CC[C@@H](OCCCc3ccccc3)C2)CC1=O. The fourth-order valence-electron chi connectivity index (χ4n) is 3.52. The van der Waals surface area contributed by atoms with E-state index in [0.29, 0.717) is 19.5 Å². The molecule has 0 N–H and O–H groups in total. The number of carbonyl (C=O) groups is 2. The third-order valence-corrected chi connectivity index (χ3v) is 4.95. The molecule has 1 aromatic rings. The molecule has 0 spiro atoms. The Balaban J connectivity index is 1.36. The van der Waals surface area contributed by atoms with Crippen molar-refractivity contribution >= 4 is 11.8 Å². The molecule has 2 aliphatic rings. The first kappa shape index (κ1) is 17.0. The second-order valence-electron chi connectivity index (χ2n) is 6.83. The summed E-state index contributed by atoms with van der Waals surface area (Å²) in [6, 6.07) is 10.4. The van der Waals surface area contributed by atoms with Crippen molar-refractivity contribution in [3.8, 4) is 0 Å². The minimum Gasteiger partial charge on any atom is -0.376 e. The molecule has 5 nitrogen and oxygen atoms in total. The number of likely N-dealkylation sites (tertiary alicyclic amines) is 2. The van der Waals surface area contributed by atoms with E-state index in [1.165, 1.54) is 5.56 Å². The fourth-order valence-corrected chi connectivity index (χ4v) is 3.52. The van der Waals surface area contributed by atoms with Gasteiger partial charge in [0.2, 0.25) is 11.8 Å². The van der Waals surface area contributed by atoms with Gasteiger partial charge in [-0.25, -0.2) is 0 Å². The van der Waals surface area contributed by atoms with Gasteiger partial charge in [-0.3, -0.25) is 9.59 Å². The first-order chi connectivity index (χ1) is 11.6. The molecular formula is C19H26N2O3. The van der Waals surface area contributed by atoms with Gasteiger partial charge in [-0.05, 0) is 24.8 Å². The lowest BCUT2D eigenvalue weighted by molar-refractivity contribution is -0.135. The number of rotatable bonds is 6. The lowest BCUT2D eigenvalue weighted by Gasteiger charge is -2.20. The predicted octanol–water partition coefficient (Wildman–Crippen LogP) is 1.71. The molecule has 0 aromatic heterocycles. The Morgan fingerprint density at radius 2 is 2.04 bits per heavy atom. The van der Waals surface area contributed by atoms with Gasteiger partial charge in [-0.2, -0.15) is 0 Å². The Kier molecular flexibility index (Phi) is 5.51. The highest BCUT2D eigenvalue weighted by Gasteiger charge is 2.37. The zero-order chi connectivity index (χ0) is 16.9. The lowest BCUT2D eigenvalue weighted by atomic mass is 10.1. The van der Waals surface area contributed by atoms with E-state index < -0.39 is 0 Å². The van der Waals surface area contributed by atoms with Gasteiger partial charge < -0.3 is 14.5 Å². The van der Waals surface area contributed by atoms with Gasteiger partial charge in [-0.15, -0.1) is 0 Å². The molecule has 0 saturated carbocycles. The van der Waals surface area contributed by atoms with E-state index in [-0.39, 0.29) is 23.8 Å². The molecule has 130 valence electrons. The van der Waals surface area contributed by atoms with Gasteiger partial charge in [0.15, 0.2) is 0 Å². The Morgan fingerprint density at radius 3 is 2.75 bits per heavy atom. The molecule has 24 heavy (non-hydrogen) atoms. The number of aryl methyl sites for hydroxylation is 1. The fraction of sp³-hybridized carbons (Fsp3) is 0.579. The van der Waals surface area contributed by atoms with Crippen molar-refractivity contribution < 1.29 is 14.3 Å². The molecule has 3 rings (SSSR count). The van der Waals surface area contributed by atoms with E-state index in [1.807, 2.05) is 11.0 Å². The molecule has 2 atom stereocenters. The second kappa shape index (κ2) is 7.79. The van der Waals surface area contributed by atoms with Crippen LogP contribution in [0.4, 0.5) is 0 Å². The van der Waals surface area contributed by atoms with E-state index in [1.54, 1.807) is 11.9 Å². The van der Waals surface area contributed by atoms with Crippen LogP contribution in [-0.2, 0) is 20.7 Å². The summed E-state index contributed by atoms with van der Waals surface area (Å²) < 4.78 is 5.94. The highest BCUT2D eigenvalue weighted by atomic mass is 16.5. The Labute approximate surface area is 143 Å². The second-order valence-corrected chi connectivity index (χ2v) is 6.83. The van der Waals surface area contributed by atoms with Crippen LogP contribution in [0.25, 0.3) is 0 Å². The molecule has 1 aromatic carbocycles. The van der Waals surface area contributed by atoms with Gasteiger partial charge >= 0.3 is 0 Å². The molecule has 5 heteroatoms. The number of ether oxygens (including phenoxy) is 1. The van der Waals surface area contributed by atoms with Crippen LogP contribution in [0.5, 0.6) is 0 Å². The largest absolute Gasteiger partial charge is 0.376 e. The maximum atomic E-state index is 12.5. The molecule has 0 unspecified atom stereocenters. The minimum atomic E-state index is -0.167. The molecule has 2 heterocycles. The third kappa shape index (κ3) is 4.15. The summed E-state index contributed by atoms with van der Waals surface area (Å²) in [5.74, 6) is 0.0173. The van der Waals surface area contributed by atoms with E-state index in [0.717, 1.165) is 32.4 Å². The van der Waals surface area contributed by atoms with Crippen LogP contribution >= 0.6 is 0 Å². The highest BCUT2D eigenvalue weighted by Crippen LogP contribution is 2.22. The van der Waals surface area contributed by atoms with Crippen LogP contribution in [0, 0.1) is 5.92 Å². The van der Waals surface area contributed by atoms with Gasteiger partial charge in [0.1, 0.15) is 0 Å². The highest BCUT2D eigenvalue weighted by molar-refractivity contribution is 5.89. The first-order valence-electron chi connectivity index (χ1n) is 8.82. The van der Waals surface area contributed by atoms with E-state index in [2.05, 4.69) is 24.3 Å². The van der Waals surface area contributed by atoms with Crippen molar-refractivity contribution in [3.05, 3.63) is 35.9 Å². The molecule has 2 aliphatic heterocycles. The van der Waals surface area contributed by atoms with Gasteiger partial charge in [0.05, 0.1) is 12.0 Å². The third-order valence-electron chi connectivity index (χ3n) is 4.95. The topological polar surface area (TPSA) is 49.9 Å². The minimum absolute atomic E-state index is 0.0706.